The van der Waals surface area contributed by atoms with E-state index in [9.17, 15) is 13.2 Å². The van der Waals surface area contributed by atoms with Crippen LogP contribution in [-0.4, -0.2) is 29.9 Å². The zero-order valence-corrected chi connectivity index (χ0v) is 13.8. The van der Waals surface area contributed by atoms with Crippen molar-refractivity contribution in [3.63, 3.8) is 0 Å². The van der Waals surface area contributed by atoms with E-state index in [4.69, 9.17) is 0 Å². The van der Waals surface area contributed by atoms with Crippen molar-refractivity contribution in [2.75, 3.05) is 11.6 Å². The lowest BCUT2D eigenvalue weighted by Crippen LogP contribution is -2.13. The highest BCUT2D eigenvalue weighted by Crippen LogP contribution is 2.39. The second kappa shape index (κ2) is 5.44. The van der Waals surface area contributed by atoms with Crippen molar-refractivity contribution in [3.05, 3.63) is 35.2 Å². The number of carbonyl (C=O) groups is 1. The quantitative estimate of drug-likeness (QED) is 0.925. The zero-order valence-electron chi connectivity index (χ0n) is 12.2. The molecule has 0 spiro atoms. The largest absolute Gasteiger partial charge is 0.297 e. The molecule has 116 valence electrons. The number of aryl methyl sites for hydroxylation is 1. The van der Waals surface area contributed by atoms with E-state index >= 15 is 0 Å². The average molecular weight is 337 g/mol. The van der Waals surface area contributed by atoms with Crippen molar-refractivity contribution in [2.24, 2.45) is 0 Å². The van der Waals surface area contributed by atoms with Gasteiger partial charge in [-0.15, -0.1) is 0 Å². The minimum absolute atomic E-state index is 0.163. The van der Waals surface area contributed by atoms with Crippen LogP contribution in [0.2, 0.25) is 0 Å². The zero-order chi connectivity index (χ0) is 15.9. The monoisotopic (exact) mass is 337 g/mol. The number of benzene rings is 1. The van der Waals surface area contributed by atoms with Crippen LogP contribution in [0.25, 0.3) is 0 Å². The summed E-state index contributed by atoms with van der Waals surface area (Å²) in [6, 6.07) is 4.62. The van der Waals surface area contributed by atoms with Crippen molar-refractivity contribution in [1.82, 2.24) is 9.36 Å². The van der Waals surface area contributed by atoms with Gasteiger partial charge in [-0.3, -0.25) is 10.1 Å². The Morgan fingerprint density at radius 1 is 1.36 bits per heavy atom. The van der Waals surface area contributed by atoms with E-state index in [0.717, 1.165) is 36.5 Å². The van der Waals surface area contributed by atoms with E-state index in [-0.39, 0.29) is 16.4 Å². The maximum Gasteiger partial charge on any atom is 0.257 e. The third-order valence-electron chi connectivity index (χ3n) is 3.45. The van der Waals surface area contributed by atoms with Crippen LogP contribution in [0.5, 0.6) is 0 Å². The lowest BCUT2D eigenvalue weighted by atomic mass is 10.1. The highest BCUT2D eigenvalue weighted by atomic mass is 32.2. The van der Waals surface area contributed by atoms with Gasteiger partial charge in [-0.05, 0) is 37.5 Å². The normalized spacial score (nSPS) is 14.8. The minimum atomic E-state index is -3.37. The Bertz CT molecular complexity index is 839. The Kier molecular flexibility index (Phi) is 3.73. The molecule has 0 bridgehead atoms. The Labute approximate surface area is 132 Å². The minimum Gasteiger partial charge on any atom is -0.297 e. The van der Waals surface area contributed by atoms with E-state index in [1.807, 2.05) is 0 Å². The van der Waals surface area contributed by atoms with Crippen LogP contribution >= 0.6 is 11.5 Å². The van der Waals surface area contributed by atoms with Gasteiger partial charge in [-0.2, -0.15) is 4.37 Å². The maximum absolute atomic E-state index is 12.2. The molecule has 22 heavy (non-hydrogen) atoms. The summed E-state index contributed by atoms with van der Waals surface area (Å²) in [5.74, 6) is 0.822. The van der Waals surface area contributed by atoms with Crippen molar-refractivity contribution < 1.29 is 13.2 Å². The van der Waals surface area contributed by atoms with Gasteiger partial charge < -0.3 is 0 Å². The molecule has 6 nitrogen and oxygen atoms in total. The summed E-state index contributed by atoms with van der Waals surface area (Å²) in [5, 5.41) is 3.11. The van der Waals surface area contributed by atoms with Crippen LogP contribution in [0.15, 0.2) is 23.1 Å². The highest BCUT2D eigenvalue weighted by Gasteiger charge is 2.28. The van der Waals surface area contributed by atoms with Crippen LogP contribution in [0.1, 0.15) is 40.5 Å². The van der Waals surface area contributed by atoms with Gasteiger partial charge in [-0.1, -0.05) is 6.07 Å². The number of sulfone groups is 1. The number of hydrogen-bond donors (Lipinski definition) is 1. The molecule has 0 radical (unpaired) electrons. The maximum atomic E-state index is 12.2. The molecule has 1 aromatic heterocycles. The Morgan fingerprint density at radius 2 is 2.09 bits per heavy atom. The number of anilines is 1. The summed E-state index contributed by atoms with van der Waals surface area (Å²) < 4.78 is 27.7. The van der Waals surface area contributed by atoms with Crippen molar-refractivity contribution in [2.45, 2.75) is 30.6 Å². The summed E-state index contributed by atoms with van der Waals surface area (Å²) in [4.78, 5) is 16.7. The van der Waals surface area contributed by atoms with Crippen molar-refractivity contribution in [1.29, 1.82) is 0 Å². The van der Waals surface area contributed by atoms with Gasteiger partial charge in [0, 0.05) is 29.3 Å². The summed E-state index contributed by atoms with van der Waals surface area (Å²) in [5.41, 5.74) is 0.903. The van der Waals surface area contributed by atoms with Crippen LogP contribution in [0.3, 0.4) is 0 Å². The fourth-order valence-corrected chi connectivity index (χ4v) is 3.74. The van der Waals surface area contributed by atoms with Gasteiger partial charge in [0.15, 0.2) is 9.84 Å². The third kappa shape index (κ3) is 3.17. The summed E-state index contributed by atoms with van der Waals surface area (Å²) in [6.07, 6.45) is 3.32. The predicted octanol–water partition coefficient (Wildman–Crippen LogP) is 2.38. The molecule has 0 saturated heterocycles. The van der Waals surface area contributed by atoms with Crippen LogP contribution in [0, 0.1) is 6.92 Å². The highest BCUT2D eigenvalue weighted by molar-refractivity contribution is 7.90. The molecule has 1 aromatic carbocycles. The SMILES string of the molecule is Cc1ccc(C(=O)Nc2nc(C3CC3)ns2)cc1S(C)(=O)=O. The Balaban J connectivity index is 1.82. The van der Waals surface area contributed by atoms with Gasteiger partial charge >= 0.3 is 0 Å². The van der Waals surface area contributed by atoms with E-state index in [2.05, 4.69) is 14.7 Å². The molecular weight excluding hydrogens is 322 g/mol. The number of amides is 1. The van der Waals surface area contributed by atoms with Gasteiger partial charge in [0.2, 0.25) is 5.13 Å². The van der Waals surface area contributed by atoms with Gasteiger partial charge in [0.1, 0.15) is 5.82 Å². The van der Waals surface area contributed by atoms with Crippen molar-refractivity contribution in [3.8, 4) is 0 Å². The molecule has 1 heterocycles. The van der Waals surface area contributed by atoms with Gasteiger partial charge in [0.05, 0.1) is 4.90 Å². The molecule has 1 amide bonds. The van der Waals surface area contributed by atoms with Crippen LogP contribution in [-0.2, 0) is 9.84 Å². The fourth-order valence-electron chi connectivity index (χ4n) is 2.10. The van der Waals surface area contributed by atoms with E-state index in [1.54, 1.807) is 19.1 Å². The third-order valence-corrected chi connectivity index (χ3v) is 5.34. The fraction of sp³-hybridized carbons (Fsp3) is 0.357. The number of rotatable bonds is 4. The molecule has 1 aliphatic rings. The van der Waals surface area contributed by atoms with Crippen LogP contribution in [0.4, 0.5) is 5.13 Å². The molecule has 0 aliphatic heterocycles. The first-order chi connectivity index (χ1) is 10.3. The Morgan fingerprint density at radius 3 is 2.73 bits per heavy atom. The van der Waals surface area contributed by atoms with Gasteiger partial charge in [-0.25, -0.2) is 13.4 Å². The number of nitrogens with zero attached hydrogens (tertiary/aromatic N) is 2. The smallest absolute Gasteiger partial charge is 0.257 e. The lowest BCUT2D eigenvalue weighted by molar-refractivity contribution is 0.102. The first-order valence-electron chi connectivity index (χ1n) is 6.80. The average Bonchev–Trinajstić information content (AvgIpc) is 3.19. The first-order valence-corrected chi connectivity index (χ1v) is 9.47. The molecule has 1 fully saturated rings. The van der Waals surface area contributed by atoms with E-state index < -0.39 is 9.84 Å². The second-order valence-corrected chi connectivity index (χ2v) is 8.17. The van der Waals surface area contributed by atoms with Gasteiger partial charge in [0.25, 0.3) is 5.91 Å². The summed E-state index contributed by atoms with van der Waals surface area (Å²) >= 11 is 1.14. The molecule has 0 atom stereocenters. The molecule has 3 rings (SSSR count). The number of nitrogens with one attached hydrogen (secondary N) is 1. The summed E-state index contributed by atoms with van der Waals surface area (Å²) in [7, 11) is -3.37. The molecule has 1 saturated carbocycles. The first kappa shape index (κ1) is 15.1. The molecular formula is C14H15N3O3S2. The summed E-state index contributed by atoms with van der Waals surface area (Å²) in [6.45, 7) is 1.70. The number of carbonyl (C=O) groups excluding carboxylic acids is 1. The molecule has 1 aliphatic carbocycles. The standard InChI is InChI=1S/C14H15N3O3S2/c1-8-3-4-10(7-11(8)22(2,19)20)13(18)16-14-15-12(17-21-14)9-5-6-9/h3-4,7,9H,5-6H2,1-2H3,(H,15,16,17,18). The van der Waals surface area contributed by atoms with E-state index in [1.165, 1.54) is 6.07 Å². The number of hydrogen-bond acceptors (Lipinski definition) is 6. The van der Waals surface area contributed by atoms with Crippen molar-refractivity contribution >= 4 is 32.4 Å². The lowest BCUT2D eigenvalue weighted by Gasteiger charge is -2.06. The Hall–Kier alpha value is -1.80. The topological polar surface area (TPSA) is 89.0 Å². The van der Waals surface area contributed by atoms with E-state index in [0.29, 0.717) is 16.6 Å². The predicted molar refractivity (Wildman–Crippen MR) is 84.1 cm³/mol. The second-order valence-electron chi connectivity index (χ2n) is 5.44. The van der Waals surface area contributed by atoms with Crippen LogP contribution < -0.4 is 5.32 Å². The molecule has 0 unspecified atom stereocenters. The number of aromatic nitrogens is 2. The molecule has 1 N–H and O–H groups in total. The molecule has 8 heteroatoms. The molecule has 2 aromatic rings.